The van der Waals surface area contributed by atoms with Crippen molar-refractivity contribution in [3.05, 3.63) is 24.3 Å². The second-order valence-electron chi connectivity index (χ2n) is 4.79. The third kappa shape index (κ3) is 2.76. The maximum Gasteiger partial charge on any atom is 0.0605 e. The molecule has 1 aliphatic heterocycles. The summed E-state index contributed by atoms with van der Waals surface area (Å²) in [6, 6.07) is 8.61. The molecule has 1 aliphatic rings. The van der Waals surface area contributed by atoms with Gasteiger partial charge in [-0.05, 0) is 18.7 Å². The van der Waals surface area contributed by atoms with E-state index in [0.717, 1.165) is 26.2 Å². The fraction of sp³-hybridized carbons (Fsp3) is 0.571. The van der Waals surface area contributed by atoms with Gasteiger partial charge >= 0.3 is 0 Å². The molecule has 0 aromatic heterocycles. The third-order valence-electron chi connectivity index (χ3n) is 3.49. The average Bonchev–Trinajstić information content (AvgIpc) is 2.41. The number of anilines is 2. The van der Waals surface area contributed by atoms with Gasteiger partial charge in [0.25, 0.3) is 0 Å². The number of hydrogen-bond donors (Lipinski definition) is 2. The van der Waals surface area contributed by atoms with Crippen LogP contribution in [0.2, 0.25) is 0 Å². The molecule has 1 unspecified atom stereocenters. The van der Waals surface area contributed by atoms with E-state index in [-0.39, 0.29) is 12.6 Å². The minimum atomic E-state index is 0.145. The van der Waals surface area contributed by atoms with Crippen molar-refractivity contribution in [3.8, 4) is 0 Å². The van der Waals surface area contributed by atoms with E-state index in [0.29, 0.717) is 0 Å². The summed E-state index contributed by atoms with van der Waals surface area (Å²) in [5.41, 5.74) is 2.54. The Balaban J connectivity index is 2.13. The molecule has 0 spiro atoms. The molecular formula is C14H23N3O. The van der Waals surface area contributed by atoms with Gasteiger partial charge in [-0.3, -0.25) is 0 Å². The lowest BCUT2D eigenvalue weighted by molar-refractivity contribution is 0.245. The zero-order valence-electron chi connectivity index (χ0n) is 11.3. The lowest BCUT2D eigenvalue weighted by Gasteiger charge is -2.38. The second kappa shape index (κ2) is 6.07. The van der Waals surface area contributed by atoms with Crippen molar-refractivity contribution in [1.29, 1.82) is 0 Å². The molecule has 1 aromatic carbocycles. The molecular weight excluding hydrogens is 226 g/mol. The Kier molecular flexibility index (Phi) is 4.44. The quantitative estimate of drug-likeness (QED) is 0.814. The number of nitrogens with zero attached hydrogens (tertiary/aromatic N) is 2. The van der Waals surface area contributed by atoms with Crippen LogP contribution in [-0.2, 0) is 0 Å². The van der Waals surface area contributed by atoms with Crippen molar-refractivity contribution >= 4 is 11.4 Å². The van der Waals surface area contributed by atoms with Crippen molar-refractivity contribution < 1.29 is 5.11 Å². The predicted molar refractivity (Wildman–Crippen MR) is 76.5 cm³/mol. The molecule has 0 aliphatic carbocycles. The van der Waals surface area contributed by atoms with Gasteiger partial charge in [-0.25, -0.2) is 0 Å². The van der Waals surface area contributed by atoms with Crippen molar-refractivity contribution in [2.75, 3.05) is 49.6 Å². The molecule has 18 heavy (non-hydrogen) atoms. The number of fused-ring (bicyclic) bond motifs is 1. The maximum atomic E-state index is 9.39. The first-order valence-electron chi connectivity index (χ1n) is 6.65. The largest absolute Gasteiger partial charge is 0.395 e. The third-order valence-corrected chi connectivity index (χ3v) is 3.49. The fourth-order valence-corrected chi connectivity index (χ4v) is 2.50. The van der Waals surface area contributed by atoms with Gasteiger partial charge in [0.2, 0.25) is 0 Å². The van der Waals surface area contributed by atoms with Crippen LogP contribution in [-0.4, -0.2) is 51.0 Å². The Morgan fingerprint density at radius 2 is 2.00 bits per heavy atom. The Morgan fingerprint density at radius 3 is 2.67 bits per heavy atom. The van der Waals surface area contributed by atoms with Crippen LogP contribution in [0.15, 0.2) is 24.3 Å². The van der Waals surface area contributed by atoms with Gasteiger partial charge in [0.05, 0.1) is 18.0 Å². The van der Waals surface area contributed by atoms with Crippen LogP contribution < -0.4 is 15.1 Å². The number of nitrogens with one attached hydrogen (secondary N) is 1. The molecule has 100 valence electrons. The topological polar surface area (TPSA) is 38.7 Å². The molecule has 0 saturated heterocycles. The standard InChI is InChI=1S/C14H23N3O/c1-3-15-12(11-18)10-17-9-8-16(2)13-6-4-5-7-14(13)17/h4-7,12,15,18H,3,8-11H2,1-2H3. The number of benzene rings is 1. The van der Waals surface area contributed by atoms with Crippen LogP contribution in [0.3, 0.4) is 0 Å². The number of likely N-dealkylation sites (N-methyl/N-ethyl adjacent to an activating group) is 2. The predicted octanol–water partition coefficient (Wildman–Crippen LogP) is 0.913. The zero-order chi connectivity index (χ0) is 13.0. The van der Waals surface area contributed by atoms with E-state index < -0.39 is 0 Å². The van der Waals surface area contributed by atoms with Crippen LogP contribution in [0.5, 0.6) is 0 Å². The van der Waals surface area contributed by atoms with E-state index in [1.54, 1.807) is 0 Å². The molecule has 4 heteroatoms. The highest BCUT2D eigenvalue weighted by Crippen LogP contribution is 2.31. The molecule has 0 fully saturated rings. The van der Waals surface area contributed by atoms with E-state index in [1.807, 2.05) is 0 Å². The summed E-state index contributed by atoms with van der Waals surface area (Å²) in [6.07, 6.45) is 0. The van der Waals surface area contributed by atoms with Gasteiger partial charge in [-0.2, -0.15) is 0 Å². The molecule has 0 amide bonds. The summed E-state index contributed by atoms with van der Waals surface area (Å²) in [4.78, 5) is 4.64. The molecule has 4 nitrogen and oxygen atoms in total. The normalized spacial score (nSPS) is 16.6. The summed E-state index contributed by atoms with van der Waals surface area (Å²) in [7, 11) is 2.13. The molecule has 2 N–H and O–H groups in total. The molecule has 0 radical (unpaired) electrons. The molecule has 1 aromatic rings. The Hall–Kier alpha value is -1.26. The number of rotatable bonds is 5. The van der Waals surface area contributed by atoms with Gasteiger partial charge in [0, 0.05) is 32.7 Å². The Bertz CT molecular complexity index is 383. The zero-order valence-corrected chi connectivity index (χ0v) is 11.3. The van der Waals surface area contributed by atoms with E-state index in [1.165, 1.54) is 11.4 Å². The molecule has 1 heterocycles. The van der Waals surface area contributed by atoms with Gasteiger partial charge in [0.1, 0.15) is 0 Å². The first-order chi connectivity index (χ1) is 8.76. The SMILES string of the molecule is CCNC(CO)CN1CCN(C)c2ccccc21. The molecule has 2 rings (SSSR count). The van der Waals surface area contributed by atoms with Crippen molar-refractivity contribution in [3.63, 3.8) is 0 Å². The summed E-state index contributed by atoms with van der Waals surface area (Å²) in [5, 5.41) is 12.7. The fourth-order valence-electron chi connectivity index (χ4n) is 2.50. The summed E-state index contributed by atoms with van der Waals surface area (Å²) < 4.78 is 0. The lowest BCUT2D eigenvalue weighted by atomic mass is 10.1. The van der Waals surface area contributed by atoms with E-state index in [2.05, 4.69) is 53.4 Å². The molecule has 1 atom stereocenters. The van der Waals surface area contributed by atoms with Crippen molar-refractivity contribution in [2.45, 2.75) is 13.0 Å². The molecule has 0 bridgehead atoms. The van der Waals surface area contributed by atoms with Crippen LogP contribution in [0.1, 0.15) is 6.92 Å². The van der Waals surface area contributed by atoms with Gasteiger partial charge in [-0.15, -0.1) is 0 Å². The van der Waals surface area contributed by atoms with Gasteiger partial charge in [0.15, 0.2) is 0 Å². The Morgan fingerprint density at radius 1 is 1.28 bits per heavy atom. The number of aliphatic hydroxyl groups is 1. The van der Waals surface area contributed by atoms with Crippen LogP contribution in [0.4, 0.5) is 11.4 Å². The summed E-state index contributed by atoms with van der Waals surface area (Å²) >= 11 is 0. The molecule has 0 saturated carbocycles. The number of hydrogen-bond acceptors (Lipinski definition) is 4. The van der Waals surface area contributed by atoms with E-state index in [9.17, 15) is 5.11 Å². The highest BCUT2D eigenvalue weighted by atomic mass is 16.3. The lowest BCUT2D eigenvalue weighted by Crippen LogP contribution is -2.48. The monoisotopic (exact) mass is 249 g/mol. The minimum absolute atomic E-state index is 0.145. The summed E-state index contributed by atoms with van der Waals surface area (Å²) in [6.45, 7) is 6.04. The average molecular weight is 249 g/mol. The number of aliphatic hydroxyl groups excluding tert-OH is 1. The maximum absolute atomic E-state index is 9.39. The van der Waals surface area contributed by atoms with Crippen LogP contribution >= 0.6 is 0 Å². The second-order valence-corrected chi connectivity index (χ2v) is 4.79. The smallest absolute Gasteiger partial charge is 0.0605 e. The first kappa shape index (κ1) is 13.2. The minimum Gasteiger partial charge on any atom is -0.395 e. The Labute approximate surface area is 109 Å². The summed E-state index contributed by atoms with van der Waals surface area (Å²) in [5.74, 6) is 0. The van der Waals surface area contributed by atoms with Crippen molar-refractivity contribution in [1.82, 2.24) is 5.32 Å². The number of para-hydroxylation sites is 2. The van der Waals surface area contributed by atoms with Gasteiger partial charge < -0.3 is 20.2 Å². The van der Waals surface area contributed by atoms with Gasteiger partial charge in [-0.1, -0.05) is 19.1 Å². The first-order valence-corrected chi connectivity index (χ1v) is 6.65. The van der Waals surface area contributed by atoms with Crippen LogP contribution in [0, 0.1) is 0 Å². The highest BCUT2D eigenvalue weighted by Gasteiger charge is 2.21. The van der Waals surface area contributed by atoms with E-state index in [4.69, 9.17) is 0 Å². The van der Waals surface area contributed by atoms with Crippen LogP contribution in [0.25, 0.3) is 0 Å². The highest BCUT2D eigenvalue weighted by molar-refractivity contribution is 5.73. The van der Waals surface area contributed by atoms with E-state index >= 15 is 0 Å². The van der Waals surface area contributed by atoms with Crippen molar-refractivity contribution in [2.24, 2.45) is 0 Å².